The molecule has 0 spiro atoms. The van der Waals surface area contributed by atoms with Gasteiger partial charge in [-0.15, -0.1) is 11.3 Å². The van der Waals surface area contributed by atoms with E-state index in [-0.39, 0.29) is 0 Å². The van der Waals surface area contributed by atoms with E-state index in [0.717, 1.165) is 22.7 Å². The monoisotopic (exact) mass is 330 g/mol. The van der Waals surface area contributed by atoms with Crippen LogP contribution in [0.5, 0.6) is 0 Å². The van der Waals surface area contributed by atoms with Crippen LogP contribution in [0.2, 0.25) is 0 Å². The third-order valence-corrected chi connectivity index (χ3v) is 5.00. The van der Waals surface area contributed by atoms with Crippen LogP contribution in [0.3, 0.4) is 0 Å². The van der Waals surface area contributed by atoms with Gasteiger partial charge in [0, 0.05) is 7.05 Å². The molecular formula is C12H9F3N4S2. The normalized spacial score (nSPS) is 12.2. The van der Waals surface area contributed by atoms with Crippen molar-refractivity contribution in [3.8, 4) is 0 Å². The lowest BCUT2D eigenvalue weighted by Crippen LogP contribution is -2.03. The molecule has 1 aromatic carbocycles. The minimum absolute atomic E-state index is 0.371. The summed E-state index contributed by atoms with van der Waals surface area (Å²) in [5, 5.41) is 3.96. The second-order valence-electron chi connectivity index (χ2n) is 4.25. The topological polar surface area (TPSA) is 43.6 Å². The van der Waals surface area contributed by atoms with Crippen LogP contribution in [0, 0.1) is 0 Å². The van der Waals surface area contributed by atoms with Gasteiger partial charge in [0.25, 0.3) is 0 Å². The van der Waals surface area contributed by atoms with Crippen molar-refractivity contribution >= 4 is 33.3 Å². The molecule has 0 atom stereocenters. The molecule has 3 aromatic rings. The molecular weight excluding hydrogens is 321 g/mol. The lowest BCUT2D eigenvalue weighted by atomic mass is 10.2. The summed E-state index contributed by atoms with van der Waals surface area (Å²) in [4.78, 5) is 8.33. The van der Waals surface area contributed by atoms with Crippen molar-refractivity contribution in [1.82, 2.24) is 19.7 Å². The lowest BCUT2D eigenvalue weighted by Gasteiger charge is -2.04. The number of nitrogens with zero attached hydrogens (tertiary/aromatic N) is 4. The van der Waals surface area contributed by atoms with Crippen LogP contribution in [-0.4, -0.2) is 19.7 Å². The molecule has 0 amide bonds. The maximum Gasteiger partial charge on any atom is 0.416 e. The number of aromatic nitrogens is 4. The van der Waals surface area contributed by atoms with Gasteiger partial charge in [-0.1, -0.05) is 11.8 Å². The molecule has 0 aliphatic carbocycles. The SMILES string of the molecule is Cn1ncnc1CSc1nc2cc(C(F)(F)F)ccc2s1. The maximum atomic E-state index is 12.7. The summed E-state index contributed by atoms with van der Waals surface area (Å²) in [6.07, 6.45) is -2.88. The van der Waals surface area contributed by atoms with Crippen molar-refractivity contribution in [2.45, 2.75) is 16.3 Å². The Morgan fingerprint density at radius 3 is 2.81 bits per heavy atom. The quantitative estimate of drug-likeness (QED) is 0.686. The lowest BCUT2D eigenvalue weighted by molar-refractivity contribution is -0.137. The second-order valence-corrected chi connectivity index (χ2v) is 6.50. The van der Waals surface area contributed by atoms with E-state index in [1.807, 2.05) is 0 Å². The Kier molecular flexibility index (Phi) is 3.62. The second kappa shape index (κ2) is 5.30. The van der Waals surface area contributed by atoms with E-state index in [4.69, 9.17) is 0 Å². The molecule has 0 bridgehead atoms. The fourth-order valence-corrected chi connectivity index (χ4v) is 3.76. The summed E-state index contributed by atoms with van der Waals surface area (Å²) in [7, 11) is 1.79. The molecule has 0 aliphatic heterocycles. The van der Waals surface area contributed by atoms with E-state index in [2.05, 4.69) is 15.1 Å². The predicted molar refractivity (Wildman–Crippen MR) is 75.2 cm³/mol. The van der Waals surface area contributed by atoms with Gasteiger partial charge in [-0.3, -0.25) is 4.68 Å². The molecule has 9 heteroatoms. The number of aryl methyl sites for hydroxylation is 1. The zero-order chi connectivity index (χ0) is 15.0. The van der Waals surface area contributed by atoms with Gasteiger partial charge in [-0.25, -0.2) is 9.97 Å². The minimum Gasteiger partial charge on any atom is -0.252 e. The predicted octanol–water partition coefficient (Wildman–Crippen LogP) is 3.74. The van der Waals surface area contributed by atoms with Crippen LogP contribution in [0.25, 0.3) is 10.2 Å². The van der Waals surface area contributed by atoms with Crippen molar-refractivity contribution in [3.05, 3.63) is 35.9 Å². The number of thiazole rings is 1. The first-order chi connectivity index (χ1) is 9.93. The highest BCUT2D eigenvalue weighted by molar-refractivity contribution is 8.00. The van der Waals surface area contributed by atoms with Crippen molar-refractivity contribution in [3.63, 3.8) is 0 Å². The van der Waals surface area contributed by atoms with Crippen LogP contribution in [0.1, 0.15) is 11.4 Å². The zero-order valence-electron chi connectivity index (χ0n) is 10.8. The highest BCUT2D eigenvalue weighted by Gasteiger charge is 2.30. The first-order valence-electron chi connectivity index (χ1n) is 5.87. The number of benzene rings is 1. The van der Waals surface area contributed by atoms with E-state index in [1.165, 1.54) is 35.5 Å². The molecule has 0 saturated heterocycles. The summed E-state index contributed by atoms with van der Waals surface area (Å²) < 4.78 is 41.1. The van der Waals surface area contributed by atoms with Crippen LogP contribution in [0.15, 0.2) is 28.9 Å². The minimum atomic E-state index is -4.34. The summed E-state index contributed by atoms with van der Waals surface area (Å²) >= 11 is 2.81. The van der Waals surface area contributed by atoms with Crippen molar-refractivity contribution in [1.29, 1.82) is 0 Å². The molecule has 0 N–H and O–H groups in total. The average Bonchev–Trinajstić information content (AvgIpc) is 2.99. The summed E-state index contributed by atoms with van der Waals surface area (Å²) in [6.45, 7) is 0. The molecule has 0 fully saturated rings. The number of halogens is 3. The van der Waals surface area contributed by atoms with Gasteiger partial charge in [0.2, 0.25) is 0 Å². The Labute approximate surface area is 126 Å². The van der Waals surface area contributed by atoms with Crippen LogP contribution >= 0.6 is 23.1 Å². The van der Waals surface area contributed by atoms with Crippen molar-refractivity contribution in [2.24, 2.45) is 7.05 Å². The molecule has 110 valence electrons. The Bertz CT molecular complexity index is 778. The third-order valence-electron chi connectivity index (χ3n) is 2.83. The van der Waals surface area contributed by atoms with Gasteiger partial charge in [0.05, 0.1) is 21.5 Å². The van der Waals surface area contributed by atoms with Gasteiger partial charge in [0.15, 0.2) is 4.34 Å². The molecule has 0 unspecified atom stereocenters. The number of hydrogen-bond acceptors (Lipinski definition) is 5. The van der Waals surface area contributed by atoms with E-state index in [0.29, 0.717) is 15.6 Å². The van der Waals surface area contributed by atoms with Gasteiger partial charge in [0.1, 0.15) is 12.2 Å². The third kappa shape index (κ3) is 3.03. The maximum absolute atomic E-state index is 12.7. The van der Waals surface area contributed by atoms with Crippen LogP contribution < -0.4 is 0 Å². The Morgan fingerprint density at radius 2 is 2.14 bits per heavy atom. The largest absolute Gasteiger partial charge is 0.416 e. The molecule has 2 aromatic heterocycles. The molecule has 2 heterocycles. The first kappa shape index (κ1) is 14.3. The van der Waals surface area contributed by atoms with Crippen LogP contribution in [-0.2, 0) is 19.0 Å². The Hall–Kier alpha value is -1.61. The van der Waals surface area contributed by atoms with Crippen LogP contribution in [0.4, 0.5) is 13.2 Å². The molecule has 4 nitrogen and oxygen atoms in total. The standard InChI is InChI=1S/C12H9F3N4S2/c1-19-10(16-6-17-19)5-20-11-18-8-4-7(12(13,14)15)2-3-9(8)21-11/h2-4,6H,5H2,1H3. The molecule has 0 radical (unpaired) electrons. The molecule has 0 aliphatic rings. The summed E-state index contributed by atoms with van der Waals surface area (Å²) in [5.41, 5.74) is -0.305. The van der Waals surface area contributed by atoms with E-state index >= 15 is 0 Å². The van der Waals surface area contributed by atoms with E-state index in [9.17, 15) is 13.2 Å². The number of thioether (sulfide) groups is 1. The van der Waals surface area contributed by atoms with Gasteiger partial charge in [-0.05, 0) is 18.2 Å². The zero-order valence-corrected chi connectivity index (χ0v) is 12.4. The molecule has 0 saturated carbocycles. The average molecular weight is 330 g/mol. The van der Waals surface area contributed by atoms with Gasteiger partial charge in [-0.2, -0.15) is 18.3 Å². The molecule has 21 heavy (non-hydrogen) atoms. The first-order valence-corrected chi connectivity index (χ1v) is 7.67. The van der Waals surface area contributed by atoms with Crippen molar-refractivity contribution < 1.29 is 13.2 Å². The summed E-state index contributed by atoms with van der Waals surface area (Å²) in [5.74, 6) is 1.36. The summed E-state index contributed by atoms with van der Waals surface area (Å²) in [6, 6.07) is 3.62. The number of alkyl halides is 3. The number of hydrogen-bond donors (Lipinski definition) is 0. The van der Waals surface area contributed by atoms with Gasteiger partial charge < -0.3 is 0 Å². The highest BCUT2D eigenvalue weighted by atomic mass is 32.2. The molecule has 3 rings (SSSR count). The number of fused-ring (bicyclic) bond motifs is 1. The Morgan fingerprint density at radius 1 is 1.33 bits per heavy atom. The fourth-order valence-electron chi connectivity index (χ4n) is 1.72. The smallest absolute Gasteiger partial charge is 0.252 e. The van der Waals surface area contributed by atoms with Gasteiger partial charge >= 0.3 is 6.18 Å². The van der Waals surface area contributed by atoms with Crippen molar-refractivity contribution in [2.75, 3.05) is 0 Å². The Balaban J connectivity index is 1.82. The number of rotatable bonds is 3. The highest BCUT2D eigenvalue weighted by Crippen LogP contribution is 2.35. The van der Waals surface area contributed by atoms with E-state index < -0.39 is 11.7 Å². The fraction of sp³-hybridized carbons (Fsp3) is 0.250. The van der Waals surface area contributed by atoms with E-state index in [1.54, 1.807) is 11.7 Å².